The van der Waals surface area contributed by atoms with Gasteiger partial charge in [-0.3, -0.25) is 4.79 Å². The van der Waals surface area contributed by atoms with Crippen LogP contribution in [0.4, 0.5) is 0 Å². The molecule has 0 aromatic carbocycles. The fraction of sp³-hybridized carbons (Fsp3) is 0.857. The number of rotatable bonds is 1. The van der Waals surface area contributed by atoms with E-state index in [-0.39, 0.29) is 28.6 Å². The smallest absolute Gasteiger partial charge is 0.136 e. The molecule has 4 aliphatic carbocycles. The first-order chi connectivity index (χ1) is 11.3. The van der Waals surface area contributed by atoms with Crippen molar-refractivity contribution in [3.8, 4) is 0 Å². The van der Waals surface area contributed by atoms with Gasteiger partial charge in [-0.25, -0.2) is 0 Å². The third-order valence-corrected chi connectivity index (χ3v) is 8.54. The molecule has 1 unspecified atom stereocenters. The maximum Gasteiger partial charge on any atom is 0.136 e. The molecule has 0 aromatic rings. The lowest BCUT2D eigenvalue weighted by atomic mass is 9.47. The zero-order chi connectivity index (χ0) is 17.3. The van der Waals surface area contributed by atoms with E-state index >= 15 is 0 Å². The number of fused-ring (bicyclic) bond motifs is 5. The highest BCUT2D eigenvalue weighted by Gasteiger charge is 2.61. The molecule has 0 radical (unpaired) electrons. The second kappa shape index (κ2) is 5.41. The van der Waals surface area contributed by atoms with E-state index in [9.17, 15) is 15.0 Å². The van der Waals surface area contributed by atoms with E-state index in [1.165, 1.54) is 5.57 Å². The van der Waals surface area contributed by atoms with Crippen LogP contribution in [-0.4, -0.2) is 28.2 Å². The number of carbonyl (C=O) groups excluding carboxylic acids is 1. The van der Waals surface area contributed by atoms with Crippen molar-refractivity contribution in [3.05, 3.63) is 11.6 Å². The van der Waals surface area contributed by atoms with Gasteiger partial charge >= 0.3 is 0 Å². The first-order valence-corrected chi connectivity index (χ1v) is 9.83. The number of hydrogen-bond donors (Lipinski definition) is 2. The number of ketones is 1. The summed E-state index contributed by atoms with van der Waals surface area (Å²) in [6, 6.07) is 0. The van der Waals surface area contributed by atoms with Crippen molar-refractivity contribution in [2.75, 3.05) is 0 Å². The van der Waals surface area contributed by atoms with Crippen LogP contribution in [-0.2, 0) is 4.79 Å². The molecule has 3 nitrogen and oxygen atoms in total. The molecule has 4 aliphatic rings. The lowest BCUT2D eigenvalue weighted by molar-refractivity contribution is -0.130. The van der Waals surface area contributed by atoms with E-state index in [4.69, 9.17) is 0 Å². The minimum atomic E-state index is -0.456. The van der Waals surface area contributed by atoms with Gasteiger partial charge in [-0.1, -0.05) is 25.5 Å². The summed E-state index contributed by atoms with van der Waals surface area (Å²) in [6.07, 6.45) is 8.73. The lowest BCUT2D eigenvalue weighted by Gasteiger charge is -2.57. The Hall–Kier alpha value is -0.670. The maximum atomic E-state index is 12.2. The third kappa shape index (κ3) is 2.13. The van der Waals surface area contributed by atoms with E-state index in [1.807, 2.05) is 0 Å². The molecule has 0 amide bonds. The number of aliphatic hydroxyl groups excluding tert-OH is 2. The zero-order valence-electron chi connectivity index (χ0n) is 15.3. The molecule has 24 heavy (non-hydrogen) atoms. The van der Waals surface area contributed by atoms with Crippen LogP contribution in [0.3, 0.4) is 0 Å². The minimum absolute atomic E-state index is 0.0255. The van der Waals surface area contributed by atoms with Crippen LogP contribution in [0.2, 0.25) is 0 Å². The zero-order valence-corrected chi connectivity index (χ0v) is 15.3. The van der Waals surface area contributed by atoms with Gasteiger partial charge in [-0.15, -0.1) is 0 Å². The van der Waals surface area contributed by atoms with Crippen LogP contribution in [0.15, 0.2) is 11.6 Å². The molecule has 3 saturated carbocycles. The summed E-state index contributed by atoms with van der Waals surface area (Å²) in [5.41, 5.74) is 1.68. The molecular formula is C21H32O3. The van der Waals surface area contributed by atoms with E-state index in [0.717, 1.165) is 44.9 Å². The van der Waals surface area contributed by atoms with Crippen LogP contribution >= 0.6 is 0 Å². The Bertz CT molecular complexity index is 582. The molecule has 134 valence electrons. The Morgan fingerprint density at radius 1 is 1.17 bits per heavy atom. The Morgan fingerprint density at radius 3 is 2.62 bits per heavy atom. The van der Waals surface area contributed by atoms with Gasteiger partial charge in [0.2, 0.25) is 0 Å². The van der Waals surface area contributed by atoms with Gasteiger partial charge in [0.1, 0.15) is 5.78 Å². The number of hydrogen-bond acceptors (Lipinski definition) is 3. The van der Waals surface area contributed by atoms with Crippen LogP contribution in [0.1, 0.15) is 65.7 Å². The van der Waals surface area contributed by atoms with Crippen molar-refractivity contribution in [2.45, 2.75) is 77.9 Å². The fourth-order valence-electron chi connectivity index (χ4n) is 7.39. The molecule has 8 atom stereocenters. The molecule has 0 aliphatic heterocycles. The topological polar surface area (TPSA) is 57.5 Å². The molecule has 0 saturated heterocycles. The van der Waals surface area contributed by atoms with Crippen molar-refractivity contribution in [2.24, 2.45) is 34.5 Å². The first kappa shape index (κ1) is 16.8. The normalized spacial score (nSPS) is 53.6. The van der Waals surface area contributed by atoms with Crippen molar-refractivity contribution < 1.29 is 15.0 Å². The van der Waals surface area contributed by atoms with Gasteiger partial charge in [0.15, 0.2) is 0 Å². The van der Waals surface area contributed by atoms with E-state index in [2.05, 4.69) is 19.9 Å². The van der Waals surface area contributed by atoms with Gasteiger partial charge in [0, 0.05) is 5.92 Å². The summed E-state index contributed by atoms with van der Waals surface area (Å²) in [5.74, 6) is 1.70. The maximum absolute atomic E-state index is 12.2. The highest BCUT2D eigenvalue weighted by molar-refractivity contribution is 5.80. The van der Waals surface area contributed by atoms with Crippen molar-refractivity contribution in [1.82, 2.24) is 0 Å². The first-order valence-electron chi connectivity index (χ1n) is 9.83. The average Bonchev–Trinajstić information content (AvgIpc) is 2.78. The van der Waals surface area contributed by atoms with Gasteiger partial charge in [-0.05, 0) is 80.5 Å². The third-order valence-electron chi connectivity index (χ3n) is 8.54. The molecule has 3 heteroatoms. The monoisotopic (exact) mass is 332 g/mol. The highest BCUT2D eigenvalue weighted by atomic mass is 16.3. The predicted octanol–water partition coefficient (Wildman–Crippen LogP) is 3.49. The summed E-state index contributed by atoms with van der Waals surface area (Å²) < 4.78 is 0. The molecule has 0 bridgehead atoms. The standard InChI is InChI=1S/C21H32O3/c1-12(22)19-18(24)11-17-15-5-4-13-10-14(23)6-8-20(13,2)16(15)7-9-21(17,19)3/h4,14-19,23-24H,5-11H2,1-3H3/t14-,15+,16-,17?,18+,19-,20-,21-/m0/s1. The van der Waals surface area contributed by atoms with Gasteiger partial charge in [-0.2, -0.15) is 0 Å². The van der Waals surface area contributed by atoms with E-state index in [1.54, 1.807) is 6.92 Å². The second-order valence-corrected chi connectivity index (χ2v) is 9.59. The van der Waals surface area contributed by atoms with Crippen molar-refractivity contribution >= 4 is 5.78 Å². The van der Waals surface area contributed by atoms with Crippen molar-refractivity contribution in [3.63, 3.8) is 0 Å². The van der Waals surface area contributed by atoms with Crippen LogP contribution < -0.4 is 0 Å². The summed E-state index contributed by atoms with van der Waals surface area (Å²) in [6.45, 7) is 6.34. The molecule has 3 fully saturated rings. The SMILES string of the molecule is CC(=O)[C@H]1[C@H](O)CC2[C@@H]3CC=C4C[C@@H](O)CC[C@]4(C)[C@H]3CC[C@@]21C. The minimum Gasteiger partial charge on any atom is -0.393 e. The van der Waals surface area contributed by atoms with Crippen LogP contribution in [0, 0.1) is 34.5 Å². The van der Waals surface area contributed by atoms with Gasteiger partial charge < -0.3 is 10.2 Å². The Labute approximate surface area is 145 Å². The summed E-state index contributed by atoms with van der Waals surface area (Å²) in [4.78, 5) is 12.2. The predicted molar refractivity (Wildman–Crippen MR) is 93.3 cm³/mol. The van der Waals surface area contributed by atoms with E-state index < -0.39 is 6.10 Å². The largest absolute Gasteiger partial charge is 0.393 e. The summed E-state index contributed by atoms with van der Waals surface area (Å²) in [7, 11) is 0. The molecule has 0 spiro atoms. The molecular weight excluding hydrogens is 300 g/mol. The Morgan fingerprint density at radius 2 is 1.92 bits per heavy atom. The Kier molecular flexibility index (Phi) is 3.78. The number of Topliss-reactive ketones (excluding diaryl/α,β-unsaturated/α-hetero) is 1. The van der Waals surface area contributed by atoms with E-state index in [0.29, 0.717) is 17.8 Å². The summed E-state index contributed by atoms with van der Waals surface area (Å²) >= 11 is 0. The molecule has 0 heterocycles. The van der Waals surface area contributed by atoms with Crippen LogP contribution in [0.25, 0.3) is 0 Å². The molecule has 0 aromatic heterocycles. The van der Waals surface area contributed by atoms with Crippen molar-refractivity contribution in [1.29, 1.82) is 0 Å². The highest BCUT2D eigenvalue weighted by Crippen LogP contribution is 2.66. The quantitative estimate of drug-likeness (QED) is 0.723. The second-order valence-electron chi connectivity index (χ2n) is 9.59. The van der Waals surface area contributed by atoms with Gasteiger partial charge in [0.25, 0.3) is 0 Å². The summed E-state index contributed by atoms with van der Waals surface area (Å²) in [5, 5.41) is 20.7. The number of carbonyl (C=O) groups is 1. The molecule has 2 N–H and O–H groups in total. The van der Waals surface area contributed by atoms with Crippen LogP contribution in [0.5, 0.6) is 0 Å². The fourth-order valence-corrected chi connectivity index (χ4v) is 7.39. The Balaban J connectivity index is 1.68. The van der Waals surface area contributed by atoms with Gasteiger partial charge in [0.05, 0.1) is 12.2 Å². The number of aliphatic hydroxyl groups is 2. The lowest BCUT2D eigenvalue weighted by Crippen LogP contribution is -2.51. The average molecular weight is 332 g/mol. The number of allylic oxidation sites excluding steroid dienone is 1. The molecule has 4 rings (SSSR count).